The molecular formula is C13H23N3O2. The van der Waals surface area contributed by atoms with E-state index in [1.165, 1.54) is 0 Å². The van der Waals surface area contributed by atoms with Crippen LogP contribution in [0.2, 0.25) is 0 Å². The predicted molar refractivity (Wildman–Crippen MR) is 70.3 cm³/mol. The van der Waals surface area contributed by atoms with E-state index in [0.717, 1.165) is 12.1 Å². The van der Waals surface area contributed by atoms with Gasteiger partial charge in [0.15, 0.2) is 0 Å². The van der Waals surface area contributed by atoms with Gasteiger partial charge in [-0.3, -0.25) is 9.48 Å². The van der Waals surface area contributed by atoms with Gasteiger partial charge in [-0.2, -0.15) is 5.10 Å². The normalized spacial score (nSPS) is 11.7. The highest BCUT2D eigenvalue weighted by molar-refractivity contribution is 5.74. The van der Waals surface area contributed by atoms with Crippen LogP contribution in [-0.4, -0.2) is 27.4 Å². The smallest absolute Gasteiger partial charge is 0.310 e. The molecule has 0 fully saturated rings. The van der Waals surface area contributed by atoms with Gasteiger partial charge in [-0.25, -0.2) is 0 Å². The highest BCUT2D eigenvalue weighted by Crippen LogP contribution is 2.25. The van der Waals surface area contributed by atoms with E-state index >= 15 is 0 Å². The minimum atomic E-state index is -0.718. The summed E-state index contributed by atoms with van der Waals surface area (Å²) in [5.41, 5.74) is 0.434. The number of hydrogen-bond donors (Lipinski definition) is 2. The Balaban J connectivity index is 2.51. The van der Waals surface area contributed by atoms with E-state index in [-0.39, 0.29) is 0 Å². The Kier molecular flexibility index (Phi) is 5.34. The van der Waals surface area contributed by atoms with Gasteiger partial charge >= 0.3 is 5.97 Å². The summed E-state index contributed by atoms with van der Waals surface area (Å²) in [6.45, 7) is 7.89. The lowest BCUT2D eigenvalue weighted by Gasteiger charge is -2.26. The lowest BCUT2D eigenvalue weighted by molar-refractivity contribution is -0.149. The second kappa shape index (κ2) is 6.54. The second-order valence-corrected chi connectivity index (χ2v) is 4.60. The number of carboxylic acids is 1. The van der Waals surface area contributed by atoms with Crippen LogP contribution >= 0.6 is 0 Å². The Morgan fingerprint density at radius 2 is 2.11 bits per heavy atom. The van der Waals surface area contributed by atoms with Crippen LogP contribution in [0.1, 0.15) is 39.2 Å². The molecule has 1 aromatic heterocycles. The number of rotatable bonds is 8. The quantitative estimate of drug-likeness (QED) is 0.742. The summed E-state index contributed by atoms with van der Waals surface area (Å²) in [7, 11) is 0. The number of aliphatic carboxylic acids is 1. The van der Waals surface area contributed by atoms with Crippen molar-refractivity contribution in [3.05, 3.63) is 18.0 Å². The van der Waals surface area contributed by atoms with Gasteiger partial charge in [0, 0.05) is 31.4 Å². The number of aryl methyl sites for hydroxylation is 1. The van der Waals surface area contributed by atoms with E-state index in [9.17, 15) is 9.90 Å². The van der Waals surface area contributed by atoms with E-state index in [1.807, 2.05) is 37.8 Å². The molecule has 0 unspecified atom stereocenters. The number of nitrogens with one attached hydrogen (secondary N) is 1. The Morgan fingerprint density at radius 3 is 2.56 bits per heavy atom. The van der Waals surface area contributed by atoms with E-state index in [0.29, 0.717) is 25.9 Å². The first-order chi connectivity index (χ1) is 8.57. The highest BCUT2D eigenvalue weighted by Gasteiger charge is 2.34. The van der Waals surface area contributed by atoms with Crippen molar-refractivity contribution in [3.8, 4) is 0 Å². The fraction of sp³-hybridized carbons (Fsp3) is 0.692. The van der Waals surface area contributed by atoms with Crippen LogP contribution in [0.4, 0.5) is 0 Å². The fourth-order valence-electron chi connectivity index (χ4n) is 1.99. The van der Waals surface area contributed by atoms with Gasteiger partial charge < -0.3 is 10.4 Å². The third-order valence-corrected chi connectivity index (χ3v) is 3.61. The van der Waals surface area contributed by atoms with Crippen LogP contribution in [0.25, 0.3) is 0 Å². The lowest BCUT2D eigenvalue weighted by atomic mass is 9.82. The molecule has 0 saturated heterocycles. The molecule has 0 aliphatic carbocycles. The molecule has 5 nitrogen and oxygen atoms in total. The maximum Gasteiger partial charge on any atom is 0.310 e. The van der Waals surface area contributed by atoms with Crippen molar-refractivity contribution in [3.63, 3.8) is 0 Å². The molecular weight excluding hydrogens is 230 g/mol. The molecule has 0 aliphatic rings. The van der Waals surface area contributed by atoms with Gasteiger partial charge in [-0.05, 0) is 19.8 Å². The van der Waals surface area contributed by atoms with Gasteiger partial charge in [0.25, 0.3) is 0 Å². The summed E-state index contributed by atoms with van der Waals surface area (Å²) in [6.07, 6.45) is 5.07. The van der Waals surface area contributed by atoms with Crippen LogP contribution in [0.5, 0.6) is 0 Å². The highest BCUT2D eigenvalue weighted by atomic mass is 16.4. The maximum absolute atomic E-state index is 11.3. The van der Waals surface area contributed by atoms with Crippen LogP contribution in [0, 0.1) is 5.41 Å². The zero-order valence-corrected chi connectivity index (χ0v) is 11.4. The SMILES string of the molecule is CCn1cc(CNCC(CC)(CC)C(=O)O)cn1. The number of hydrogen-bond acceptors (Lipinski definition) is 3. The minimum absolute atomic E-state index is 0.493. The molecule has 0 amide bonds. The van der Waals surface area contributed by atoms with Crippen molar-refractivity contribution >= 4 is 5.97 Å². The molecule has 1 heterocycles. The molecule has 1 aromatic rings. The van der Waals surface area contributed by atoms with Crippen molar-refractivity contribution in [1.29, 1.82) is 0 Å². The zero-order chi connectivity index (χ0) is 13.6. The second-order valence-electron chi connectivity index (χ2n) is 4.60. The van der Waals surface area contributed by atoms with Gasteiger partial charge in [0.2, 0.25) is 0 Å². The average Bonchev–Trinajstić information content (AvgIpc) is 2.82. The average molecular weight is 253 g/mol. The van der Waals surface area contributed by atoms with Gasteiger partial charge in [-0.15, -0.1) is 0 Å². The molecule has 2 N–H and O–H groups in total. The third kappa shape index (κ3) is 3.32. The van der Waals surface area contributed by atoms with Crippen LogP contribution < -0.4 is 5.32 Å². The summed E-state index contributed by atoms with van der Waals surface area (Å²) in [6, 6.07) is 0. The van der Waals surface area contributed by atoms with Crippen molar-refractivity contribution in [2.24, 2.45) is 5.41 Å². The number of carboxylic acid groups (broad SMARTS) is 1. The van der Waals surface area contributed by atoms with E-state index in [4.69, 9.17) is 0 Å². The Bertz CT molecular complexity index is 383. The van der Waals surface area contributed by atoms with E-state index in [2.05, 4.69) is 10.4 Å². The van der Waals surface area contributed by atoms with Gasteiger partial charge in [0.05, 0.1) is 11.6 Å². The van der Waals surface area contributed by atoms with Crippen molar-refractivity contribution in [2.75, 3.05) is 6.54 Å². The van der Waals surface area contributed by atoms with Crippen molar-refractivity contribution in [2.45, 2.75) is 46.7 Å². The Morgan fingerprint density at radius 1 is 1.44 bits per heavy atom. The molecule has 102 valence electrons. The zero-order valence-electron chi connectivity index (χ0n) is 11.4. The summed E-state index contributed by atoms with van der Waals surface area (Å²) in [5.74, 6) is -0.718. The summed E-state index contributed by atoms with van der Waals surface area (Å²) in [4.78, 5) is 11.3. The molecule has 0 saturated carbocycles. The first kappa shape index (κ1) is 14.7. The molecule has 0 radical (unpaired) electrons. The first-order valence-corrected chi connectivity index (χ1v) is 6.53. The first-order valence-electron chi connectivity index (χ1n) is 6.53. The van der Waals surface area contributed by atoms with Gasteiger partial charge in [0.1, 0.15) is 0 Å². The summed E-state index contributed by atoms with van der Waals surface area (Å²) < 4.78 is 1.86. The molecule has 18 heavy (non-hydrogen) atoms. The van der Waals surface area contributed by atoms with Crippen LogP contribution in [0.15, 0.2) is 12.4 Å². The molecule has 0 aromatic carbocycles. The molecule has 1 rings (SSSR count). The monoisotopic (exact) mass is 253 g/mol. The summed E-state index contributed by atoms with van der Waals surface area (Å²) in [5, 5.41) is 16.7. The topological polar surface area (TPSA) is 67.2 Å². The van der Waals surface area contributed by atoms with E-state index in [1.54, 1.807) is 0 Å². The van der Waals surface area contributed by atoms with Crippen LogP contribution in [-0.2, 0) is 17.9 Å². The standard InChI is InChI=1S/C13H23N3O2/c1-4-13(5-2,12(17)18)10-14-7-11-8-15-16(6-3)9-11/h8-9,14H,4-7,10H2,1-3H3,(H,17,18). The molecule has 0 spiro atoms. The minimum Gasteiger partial charge on any atom is -0.481 e. The predicted octanol–water partition coefficient (Wildman–Crippen LogP) is 1.88. The van der Waals surface area contributed by atoms with Crippen molar-refractivity contribution in [1.82, 2.24) is 15.1 Å². The van der Waals surface area contributed by atoms with Crippen molar-refractivity contribution < 1.29 is 9.90 Å². The molecule has 0 bridgehead atoms. The summed E-state index contributed by atoms with van der Waals surface area (Å²) >= 11 is 0. The van der Waals surface area contributed by atoms with Gasteiger partial charge in [-0.1, -0.05) is 13.8 Å². The molecule has 0 aliphatic heterocycles. The van der Waals surface area contributed by atoms with Crippen LogP contribution in [0.3, 0.4) is 0 Å². The van der Waals surface area contributed by atoms with E-state index < -0.39 is 11.4 Å². The largest absolute Gasteiger partial charge is 0.481 e. The lowest BCUT2D eigenvalue weighted by Crippen LogP contribution is -2.39. The number of aromatic nitrogens is 2. The Hall–Kier alpha value is -1.36. The maximum atomic E-state index is 11.3. The molecule has 0 atom stereocenters. The third-order valence-electron chi connectivity index (χ3n) is 3.61. The number of nitrogens with zero attached hydrogens (tertiary/aromatic N) is 2. The molecule has 5 heteroatoms. The Labute approximate surface area is 108 Å². The number of carbonyl (C=O) groups is 1. The fourth-order valence-corrected chi connectivity index (χ4v) is 1.99.